The molecule has 8 rings (SSSR count). The molecule has 1 amide bonds. The average Bonchev–Trinajstić information content (AvgIpc) is 3.77. The second-order valence-corrected chi connectivity index (χ2v) is 12.3. The van der Waals surface area contributed by atoms with Crippen LogP contribution in [0.15, 0.2) is 54.7 Å². The molecule has 3 aliphatic rings. The van der Waals surface area contributed by atoms with Gasteiger partial charge in [0, 0.05) is 73.9 Å². The van der Waals surface area contributed by atoms with E-state index in [0.717, 1.165) is 65.2 Å². The number of aromatic nitrogens is 5. The van der Waals surface area contributed by atoms with Crippen LogP contribution in [0.25, 0.3) is 33.5 Å². The van der Waals surface area contributed by atoms with Crippen LogP contribution < -0.4 is 15.4 Å². The summed E-state index contributed by atoms with van der Waals surface area (Å²) in [6, 6.07) is 18.3. The second-order valence-electron chi connectivity index (χ2n) is 12.3. The number of aryl methyl sites for hydroxylation is 1. The zero-order chi connectivity index (χ0) is 30.1. The van der Waals surface area contributed by atoms with Gasteiger partial charge < -0.3 is 29.4 Å². The number of nitrogens with two attached hydrogens (primary N) is 1. The van der Waals surface area contributed by atoms with E-state index in [1.807, 2.05) is 41.3 Å². The Labute approximate surface area is 254 Å². The Bertz CT molecular complexity index is 1980. The number of fused-ring (bicyclic) bond motifs is 4. The number of anilines is 1. The third-order valence-corrected chi connectivity index (χ3v) is 9.83. The van der Waals surface area contributed by atoms with E-state index in [-0.39, 0.29) is 23.8 Å². The lowest BCUT2D eigenvalue weighted by Crippen LogP contribution is -2.49. The quantitative estimate of drug-likeness (QED) is 0.319. The molecule has 2 bridgehead atoms. The first-order chi connectivity index (χ1) is 21.4. The monoisotopic (exact) mass is 587 g/mol. The van der Waals surface area contributed by atoms with Gasteiger partial charge in [0.15, 0.2) is 5.82 Å². The summed E-state index contributed by atoms with van der Waals surface area (Å²) in [6.45, 7) is 2.98. The Balaban J connectivity index is 1.19. The van der Waals surface area contributed by atoms with Crippen molar-refractivity contribution in [2.75, 3.05) is 31.6 Å². The summed E-state index contributed by atoms with van der Waals surface area (Å²) < 4.78 is 10.4. The number of amides is 1. The van der Waals surface area contributed by atoms with Gasteiger partial charge in [-0.05, 0) is 49.1 Å². The first kappa shape index (κ1) is 26.7. The standard InChI is InChI=1S/C33H33N9O2/c1-39-24-6-4-3-5-20(24)12-26(39)32-37-23-11-22(33(43)41-18-21-7-8-25(41)30(21)35)13-27(44-2)31(23)42(32)17-19-15-40(16-19)29-9-10-36-28(14-34)38-29/h3-6,9-13,19,21,25,30H,7-8,15-18,35H2,1-2H3/t21-,25-,30-/m1/s1. The summed E-state index contributed by atoms with van der Waals surface area (Å²) >= 11 is 0. The minimum Gasteiger partial charge on any atom is -0.494 e. The molecule has 3 aromatic heterocycles. The van der Waals surface area contributed by atoms with Gasteiger partial charge >= 0.3 is 0 Å². The van der Waals surface area contributed by atoms with E-state index >= 15 is 0 Å². The molecule has 0 spiro atoms. The molecule has 11 nitrogen and oxygen atoms in total. The van der Waals surface area contributed by atoms with Gasteiger partial charge in [-0.25, -0.2) is 15.0 Å². The Morgan fingerprint density at radius 1 is 1.11 bits per heavy atom. The number of hydrogen-bond donors (Lipinski definition) is 1. The summed E-state index contributed by atoms with van der Waals surface area (Å²) in [6.07, 6.45) is 3.68. The number of piperidine rings is 1. The number of imidazole rings is 1. The molecule has 1 saturated carbocycles. The van der Waals surface area contributed by atoms with Crippen LogP contribution >= 0.6 is 0 Å². The van der Waals surface area contributed by atoms with Crippen molar-refractivity contribution in [3.05, 3.63) is 66.1 Å². The number of benzene rings is 2. The molecular weight excluding hydrogens is 554 g/mol. The Morgan fingerprint density at radius 2 is 1.95 bits per heavy atom. The van der Waals surface area contributed by atoms with Crippen molar-refractivity contribution in [1.29, 1.82) is 5.26 Å². The number of methoxy groups -OCH3 is 1. The first-order valence-corrected chi connectivity index (χ1v) is 15.1. The van der Waals surface area contributed by atoms with Gasteiger partial charge in [0.25, 0.3) is 5.91 Å². The number of nitriles is 1. The third-order valence-electron chi connectivity index (χ3n) is 9.83. The molecule has 2 N–H and O–H groups in total. The molecule has 5 aromatic rings. The van der Waals surface area contributed by atoms with Crippen LogP contribution in [0.4, 0.5) is 5.82 Å². The molecule has 3 fully saturated rings. The largest absolute Gasteiger partial charge is 0.494 e. The van der Waals surface area contributed by atoms with Crippen LogP contribution in [0.1, 0.15) is 29.0 Å². The summed E-state index contributed by atoms with van der Waals surface area (Å²) in [5, 5.41) is 10.4. The smallest absolute Gasteiger partial charge is 0.254 e. The molecule has 5 heterocycles. The maximum Gasteiger partial charge on any atom is 0.254 e. The number of hydrogen-bond acceptors (Lipinski definition) is 8. The molecular formula is C33H33N9O2. The van der Waals surface area contributed by atoms with Gasteiger partial charge in [0.1, 0.15) is 23.2 Å². The van der Waals surface area contributed by atoms with Crippen molar-refractivity contribution in [2.45, 2.75) is 31.5 Å². The van der Waals surface area contributed by atoms with Crippen molar-refractivity contribution < 1.29 is 9.53 Å². The maximum atomic E-state index is 13.8. The summed E-state index contributed by atoms with van der Waals surface area (Å²) in [4.78, 5) is 31.5. The zero-order valence-electron chi connectivity index (χ0n) is 24.7. The van der Waals surface area contributed by atoms with E-state index in [1.165, 1.54) is 0 Å². The molecule has 1 aliphatic carbocycles. The van der Waals surface area contributed by atoms with Crippen molar-refractivity contribution in [3.63, 3.8) is 0 Å². The number of rotatable bonds is 6. The molecule has 0 unspecified atom stereocenters. The van der Waals surface area contributed by atoms with Gasteiger partial charge in [0.2, 0.25) is 5.82 Å². The fourth-order valence-corrected chi connectivity index (χ4v) is 7.54. The van der Waals surface area contributed by atoms with Gasteiger partial charge in [-0.3, -0.25) is 4.79 Å². The highest BCUT2D eigenvalue weighted by molar-refractivity contribution is 6.00. The maximum absolute atomic E-state index is 13.8. The Hall–Kier alpha value is -4.95. The van der Waals surface area contributed by atoms with E-state index in [0.29, 0.717) is 36.2 Å². The molecule has 2 aromatic carbocycles. The van der Waals surface area contributed by atoms with E-state index in [2.05, 4.69) is 49.2 Å². The van der Waals surface area contributed by atoms with Gasteiger partial charge in [-0.2, -0.15) is 5.26 Å². The number of para-hydroxylation sites is 1. The molecule has 222 valence electrons. The third kappa shape index (κ3) is 4.05. The van der Waals surface area contributed by atoms with Crippen LogP contribution in [0.5, 0.6) is 5.75 Å². The van der Waals surface area contributed by atoms with E-state index in [4.69, 9.17) is 15.5 Å². The first-order valence-electron chi connectivity index (χ1n) is 15.1. The molecule has 44 heavy (non-hydrogen) atoms. The molecule has 2 aliphatic heterocycles. The van der Waals surface area contributed by atoms with Crippen molar-refractivity contribution in [1.82, 2.24) is 29.0 Å². The number of likely N-dealkylation sites (tertiary alicyclic amines) is 1. The molecule has 3 atom stereocenters. The van der Waals surface area contributed by atoms with E-state index in [9.17, 15) is 10.1 Å². The normalized spacial score (nSPS) is 21.3. The topological polar surface area (TPSA) is 131 Å². The highest BCUT2D eigenvalue weighted by Gasteiger charge is 2.47. The predicted octanol–water partition coefficient (Wildman–Crippen LogP) is 3.56. The van der Waals surface area contributed by atoms with Crippen LogP contribution in [-0.4, -0.2) is 73.7 Å². The van der Waals surface area contributed by atoms with Gasteiger partial charge in [-0.1, -0.05) is 18.2 Å². The van der Waals surface area contributed by atoms with Gasteiger partial charge in [-0.15, -0.1) is 0 Å². The van der Waals surface area contributed by atoms with Crippen LogP contribution in [0.2, 0.25) is 0 Å². The van der Waals surface area contributed by atoms with Gasteiger partial charge in [0.05, 0.1) is 18.3 Å². The summed E-state index contributed by atoms with van der Waals surface area (Å²) in [5.74, 6) is 3.07. The zero-order valence-corrected chi connectivity index (χ0v) is 24.7. The minimum absolute atomic E-state index is 0.00946. The fraction of sp³-hybridized carbons (Fsp3) is 0.364. The molecule has 2 saturated heterocycles. The molecule has 0 radical (unpaired) electrons. The lowest BCUT2D eigenvalue weighted by molar-refractivity contribution is 0.0700. The van der Waals surface area contributed by atoms with E-state index < -0.39 is 0 Å². The Morgan fingerprint density at radius 3 is 2.68 bits per heavy atom. The number of carbonyl (C=O) groups is 1. The summed E-state index contributed by atoms with van der Waals surface area (Å²) in [5.41, 5.74) is 10.7. The number of ether oxygens (including phenoxy) is 1. The fourth-order valence-electron chi connectivity index (χ4n) is 7.54. The molecule has 11 heteroatoms. The van der Waals surface area contributed by atoms with E-state index in [1.54, 1.807) is 13.3 Å². The van der Waals surface area contributed by atoms with Crippen LogP contribution in [-0.2, 0) is 13.6 Å². The van der Waals surface area contributed by atoms with Crippen molar-refractivity contribution >= 4 is 33.7 Å². The lowest BCUT2D eigenvalue weighted by atomic mass is 9.99. The number of nitrogens with zero attached hydrogens (tertiary/aromatic N) is 8. The Kier molecular flexibility index (Phi) is 6.10. The highest BCUT2D eigenvalue weighted by atomic mass is 16.5. The van der Waals surface area contributed by atoms with Crippen molar-refractivity contribution in [3.8, 4) is 23.3 Å². The summed E-state index contributed by atoms with van der Waals surface area (Å²) in [7, 11) is 3.71. The van der Waals surface area contributed by atoms with Crippen molar-refractivity contribution in [2.24, 2.45) is 24.6 Å². The van der Waals surface area contributed by atoms with Crippen LogP contribution in [0.3, 0.4) is 0 Å². The lowest BCUT2D eigenvalue weighted by Gasteiger charge is -2.40. The minimum atomic E-state index is -0.00946. The van der Waals surface area contributed by atoms with Crippen LogP contribution in [0, 0.1) is 23.2 Å². The predicted molar refractivity (Wildman–Crippen MR) is 166 cm³/mol. The second kappa shape index (κ2) is 10.1. The number of carbonyl (C=O) groups excluding carboxylic acids is 1. The highest BCUT2D eigenvalue weighted by Crippen LogP contribution is 2.40. The SMILES string of the molecule is COc1cc(C(=O)N2C[C@H]3CC[C@@H]2[C@@H]3N)cc2nc(-c3cc4ccccc4n3C)n(CC3CN(c4ccnc(C#N)n4)C3)c12. The average molecular weight is 588 g/mol.